The molecule has 2 aliphatic heterocycles. The second-order valence-electron chi connectivity index (χ2n) is 10.1. The lowest BCUT2D eigenvalue weighted by molar-refractivity contribution is -0.154. The van der Waals surface area contributed by atoms with Crippen LogP contribution in [0.5, 0.6) is 0 Å². The van der Waals surface area contributed by atoms with Crippen molar-refractivity contribution in [2.24, 2.45) is 7.05 Å². The summed E-state index contributed by atoms with van der Waals surface area (Å²) in [5, 5.41) is 18.5. The summed E-state index contributed by atoms with van der Waals surface area (Å²) in [5.41, 5.74) is 3.65. The lowest BCUT2D eigenvalue weighted by atomic mass is 10.0. The Hall–Kier alpha value is -4.51. The quantitative estimate of drug-likeness (QED) is 0.0728. The average molecular weight is 709 g/mol. The van der Waals surface area contributed by atoms with E-state index in [0.717, 1.165) is 28.0 Å². The second-order valence-corrected chi connectivity index (χ2v) is 13.2. The van der Waals surface area contributed by atoms with E-state index in [-0.39, 0.29) is 22.1 Å². The van der Waals surface area contributed by atoms with E-state index in [1.54, 1.807) is 12.4 Å². The summed E-state index contributed by atoms with van der Waals surface area (Å²) in [6, 6.07) is 17.8. The SMILES string of the molecule is Cn1nnnc1SCC1=C(C(=O)OC(c2ccccc2)c2ccccc2)N2C(=O)C(NC(=O)C(=CCl)c3csc(NC=O)n3)[C@H]2SC1. The fourth-order valence-corrected chi connectivity index (χ4v) is 8.20. The molecule has 13 nitrogen and oxygen atoms in total. The molecule has 2 aliphatic rings. The molecule has 2 atom stereocenters. The average Bonchev–Trinajstić information content (AvgIpc) is 3.74. The Morgan fingerprint density at radius 2 is 1.85 bits per heavy atom. The zero-order chi connectivity index (χ0) is 32.9. The van der Waals surface area contributed by atoms with Crippen LogP contribution < -0.4 is 10.6 Å². The number of ether oxygens (including phenoxy) is 1. The van der Waals surface area contributed by atoms with Gasteiger partial charge in [-0.2, -0.15) is 0 Å². The molecule has 6 rings (SSSR count). The molecule has 1 fully saturated rings. The Balaban J connectivity index is 1.27. The number of thioether (sulfide) groups is 2. The summed E-state index contributed by atoms with van der Waals surface area (Å²) in [5.74, 6) is -1.07. The maximum atomic E-state index is 14.2. The van der Waals surface area contributed by atoms with Crippen LogP contribution in [0.2, 0.25) is 0 Å². The van der Waals surface area contributed by atoms with Gasteiger partial charge in [-0.15, -0.1) is 28.2 Å². The molecular formula is C30H25ClN8O5S3. The highest BCUT2D eigenvalue weighted by molar-refractivity contribution is 8.01. The third-order valence-corrected chi connectivity index (χ3v) is 10.7. The number of tetrazole rings is 1. The lowest BCUT2D eigenvalue weighted by Gasteiger charge is -2.49. The van der Waals surface area contributed by atoms with Crippen molar-refractivity contribution in [3.05, 3.63) is 99.7 Å². The number of carbonyl (C=O) groups is 4. The number of esters is 1. The Morgan fingerprint density at radius 1 is 1.15 bits per heavy atom. The molecule has 4 heterocycles. The normalized spacial score (nSPS) is 17.6. The molecular weight excluding hydrogens is 684 g/mol. The zero-order valence-electron chi connectivity index (χ0n) is 24.5. The van der Waals surface area contributed by atoms with Gasteiger partial charge >= 0.3 is 5.97 Å². The zero-order valence-corrected chi connectivity index (χ0v) is 27.7. The van der Waals surface area contributed by atoms with Crippen molar-refractivity contribution in [1.82, 2.24) is 35.4 Å². The number of amides is 3. The fourth-order valence-electron chi connectivity index (χ4n) is 4.98. The summed E-state index contributed by atoms with van der Waals surface area (Å²) in [6.45, 7) is 0. The molecule has 2 aromatic heterocycles. The fraction of sp³-hybridized carbons (Fsp3) is 0.200. The number of hydrogen-bond acceptors (Lipinski definition) is 12. The molecule has 1 saturated heterocycles. The van der Waals surface area contributed by atoms with Gasteiger partial charge in [-0.25, -0.2) is 14.5 Å². The molecule has 2 aromatic carbocycles. The van der Waals surface area contributed by atoms with Gasteiger partial charge in [0.2, 0.25) is 11.6 Å². The molecule has 240 valence electrons. The van der Waals surface area contributed by atoms with Crippen LogP contribution in [0.15, 0.2) is 88.0 Å². The van der Waals surface area contributed by atoms with Crippen LogP contribution in [-0.4, -0.2) is 77.2 Å². The van der Waals surface area contributed by atoms with Crippen molar-refractivity contribution in [1.29, 1.82) is 0 Å². The van der Waals surface area contributed by atoms with E-state index >= 15 is 0 Å². The number of aromatic nitrogens is 5. The van der Waals surface area contributed by atoms with Gasteiger partial charge < -0.3 is 15.4 Å². The summed E-state index contributed by atoms with van der Waals surface area (Å²) < 4.78 is 7.72. The number of anilines is 1. The van der Waals surface area contributed by atoms with E-state index in [4.69, 9.17) is 16.3 Å². The van der Waals surface area contributed by atoms with Crippen LogP contribution >= 0.6 is 46.5 Å². The van der Waals surface area contributed by atoms with Crippen molar-refractivity contribution < 1.29 is 23.9 Å². The molecule has 17 heteroatoms. The minimum Gasteiger partial charge on any atom is -0.448 e. The standard InChI is InChI=1S/C30H25ClN8O5S3/c1-38-30(35-36-37-38)47-14-19-13-45-27-22(34-25(41)20(12-31)21-15-46-29(33-21)32-16-40)26(42)39(27)23(19)28(43)44-24(17-8-4-2-5-9-17)18-10-6-3-7-11-18/h2-12,15-16,22,24,27H,13-14H2,1H3,(H,34,41)(H,32,33,40)/t22?,27-/m1/s1. The van der Waals surface area contributed by atoms with Gasteiger partial charge in [0.1, 0.15) is 17.1 Å². The highest BCUT2D eigenvalue weighted by Gasteiger charge is 2.54. The summed E-state index contributed by atoms with van der Waals surface area (Å²) in [4.78, 5) is 57.5. The summed E-state index contributed by atoms with van der Waals surface area (Å²) in [6.07, 6.45) is -0.258. The van der Waals surface area contributed by atoms with E-state index in [1.165, 1.54) is 33.1 Å². The molecule has 47 heavy (non-hydrogen) atoms. The topological polar surface area (TPSA) is 161 Å². The number of fused-ring (bicyclic) bond motifs is 1. The monoisotopic (exact) mass is 708 g/mol. The number of rotatable bonds is 12. The highest BCUT2D eigenvalue weighted by atomic mass is 35.5. The first-order valence-electron chi connectivity index (χ1n) is 14.0. The number of halogens is 1. The molecule has 0 aliphatic carbocycles. The molecule has 0 radical (unpaired) electrons. The van der Waals surface area contributed by atoms with Crippen molar-refractivity contribution in [3.63, 3.8) is 0 Å². The minimum absolute atomic E-state index is 0.0204. The van der Waals surface area contributed by atoms with Crippen LogP contribution in [0.25, 0.3) is 5.57 Å². The molecule has 3 amide bonds. The maximum Gasteiger partial charge on any atom is 0.356 e. The van der Waals surface area contributed by atoms with Crippen molar-refractivity contribution in [2.45, 2.75) is 22.7 Å². The van der Waals surface area contributed by atoms with E-state index in [0.29, 0.717) is 28.6 Å². The Labute approximate surface area is 285 Å². The maximum absolute atomic E-state index is 14.2. The van der Waals surface area contributed by atoms with E-state index in [2.05, 4.69) is 31.1 Å². The number of benzene rings is 2. The van der Waals surface area contributed by atoms with Crippen LogP contribution in [0.4, 0.5) is 5.13 Å². The summed E-state index contributed by atoms with van der Waals surface area (Å²) >= 11 is 9.85. The minimum atomic E-state index is -0.940. The van der Waals surface area contributed by atoms with Gasteiger partial charge in [-0.1, -0.05) is 84.0 Å². The van der Waals surface area contributed by atoms with Gasteiger partial charge in [0.25, 0.3) is 11.8 Å². The molecule has 0 spiro atoms. The number of β-lactam (4-membered cyclic amide) rings is 1. The Morgan fingerprint density at radius 3 is 2.47 bits per heavy atom. The number of aryl methyl sites for hydroxylation is 1. The number of carbonyl (C=O) groups excluding carboxylic acids is 4. The molecule has 4 aromatic rings. The van der Waals surface area contributed by atoms with E-state index in [1.807, 2.05) is 60.7 Å². The van der Waals surface area contributed by atoms with E-state index in [9.17, 15) is 19.2 Å². The Bertz CT molecular complexity index is 1830. The number of nitrogens with one attached hydrogen (secondary N) is 2. The lowest BCUT2D eigenvalue weighted by Crippen LogP contribution is -2.70. The second kappa shape index (κ2) is 14.5. The van der Waals surface area contributed by atoms with Crippen molar-refractivity contribution >= 4 is 81.4 Å². The van der Waals surface area contributed by atoms with Gasteiger partial charge in [-0.3, -0.25) is 19.3 Å². The third-order valence-electron chi connectivity index (χ3n) is 7.23. The van der Waals surface area contributed by atoms with Crippen molar-refractivity contribution in [2.75, 3.05) is 16.8 Å². The van der Waals surface area contributed by atoms with Gasteiger partial charge in [0.15, 0.2) is 11.2 Å². The van der Waals surface area contributed by atoms with Gasteiger partial charge in [0, 0.05) is 29.5 Å². The van der Waals surface area contributed by atoms with Crippen LogP contribution in [-0.2, 0) is 31.0 Å². The van der Waals surface area contributed by atoms with Gasteiger partial charge in [0.05, 0.1) is 11.3 Å². The number of nitrogens with zero attached hydrogens (tertiary/aromatic N) is 6. The third kappa shape index (κ3) is 6.81. The molecule has 0 saturated carbocycles. The smallest absolute Gasteiger partial charge is 0.356 e. The molecule has 0 bridgehead atoms. The van der Waals surface area contributed by atoms with Crippen molar-refractivity contribution in [3.8, 4) is 0 Å². The number of thiazole rings is 1. The number of hydrogen-bond donors (Lipinski definition) is 2. The van der Waals surface area contributed by atoms with Gasteiger partial charge in [-0.05, 0) is 27.1 Å². The van der Waals surface area contributed by atoms with Crippen LogP contribution in [0, 0.1) is 0 Å². The Kier molecular flexibility index (Phi) is 10.0. The first kappa shape index (κ1) is 32.4. The molecule has 1 unspecified atom stereocenters. The first-order chi connectivity index (χ1) is 22.9. The highest BCUT2D eigenvalue weighted by Crippen LogP contribution is 2.43. The van der Waals surface area contributed by atoms with E-state index < -0.39 is 35.3 Å². The first-order valence-corrected chi connectivity index (χ1v) is 17.3. The van der Waals surface area contributed by atoms with Crippen LogP contribution in [0.1, 0.15) is 22.9 Å². The predicted molar refractivity (Wildman–Crippen MR) is 178 cm³/mol. The molecule has 2 N–H and O–H groups in total. The largest absolute Gasteiger partial charge is 0.448 e. The predicted octanol–water partition coefficient (Wildman–Crippen LogP) is 3.59. The van der Waals surface area contributed by atoms with Crippen LogP contribution in [0.3, 0.4) is 0 Å². The summed E-state index contributed by atoms with van der Waals surface area (Å²) in [7, 11) is 1.71.